The first-order valence-corrected chi connectivity index (χ1v) is 9.49. The third-order valence-electron chi connectivity index (χ3n) is 4.64. The van der Waals surface area contributed by atoms with Gasteiger partial charge in [0.2, 0.25) is 0 Å². The van der Waals surface area contributed by atoms with E-state index < -0.39 is 6.10 Å². The summed E-state index contributed by atoms with van der Waals surface area (Å²) in [5.41, 5.74) is 3.46. The molecule has 1 amide bonds. The Morgan fingerprint density at radius 3 is 2.67 bits per heavy atom. The summed E-state index contributed by atoms with van der Waals surface area (Å²) in [6.45, 7) is 8.72. The Morgan fingerprint density at radius 1 is 1.15 bits per heavy atom. The summed E-state index contributed by atoms with van der Waals surface area (Å²) in [5, 5.41) is 2.97. The highest BCUT2D eigenvalue weighted by Gasteiger charge is 2.15. The van der Waals surface area contributed by atoms with Crippen molar-refractivity contribution in [3.63, 3.8) is 0 Å². The van der Waals surface area contributed by atoms with Gasteiger partial charge in [0.1, 0.15) is 5.75 Å². The lowest BCUT2D eigenvalue weighted by atomic mass is 10.1. The molecular formula is C22H28N2O3. The van der Waals surface area contributed by atoms with Gasteiger partial charge >= 0.3 is 0 Å². The largest absolute Gasteiger partial charge is 0.481 e. The number of morpholine rings is 1. The van der Waals surface area contributed by atoms with Gasteiger partial charge in [-0.05, 0) is 42.7 Å². The maximum atomic E-state index is 12.3. The van der Waals surface area contributed by atoms with Crippen LogP contribution in [0.5, 0.6) is 5.75 Å². The minimum atomic E-state index is -0.539. The molecule has 144 valence electrons. The van der Waals surface area contributed by atoms with Gasteiger partial charge in [-0.15, -0.1) is 0 Å². The van der Waals surface area contributed by atoms with Crippen LogP contribution in [-0.2, 0) is 22.6 Å². The Kier molecular flexibility index (Phi) is 6.85. The van der Waals surface area contributed by atoms with Gasteiger partial charge in [-0.3, -0.25) is 9.69 Å². The molecule has 0 aliphatic carbocycles. The fourth-order valence-corrected chi connectivity index (χ4v) is 3.13. The summed E-state index contributed by atoms with van der Waals surface area (Å²) in [5.74, 6) is 0.597. The van der Waals surface area contributed by atoms with Crippen molar-refractivity contribution in [3.8, 4) is 5.75 Å². The van der Waals surface area contributed by atoms with E-state index in [9.17, 15) is 4.79 Å². The van der Waals surface area contributed by atoms with Crippen molar-refractivity contribution in [1.82, 2.24) is 10.2 Å². The summed E-state index contributed by atoms with van der Waals surface area (Å²) in [7, 11) is 0. The Balaban J connectivity index is 1.49. The quantitative estimate of drug-likeness (QED) is 0.816. The number of aryl methyl sites for hydroxylation is 1. The minimum absolute atomic E-state index is 0.116. The standard InChI is InChI=1S/C22H28N2O3/c1-17-5-3-8-21(13-17)27-18(2)22(25)23-15-19-6-4-7-20(14-19)16-24-9-11-26-12-10-24/h3-8,13-14,18H,9-12,15-16H2,1-2H3,(H,23,25). The predicted octanol–water partition coefficient (Wildman–Crippen LogP) is 2.91. The first-order chi connectivity index (χ1) is 13.1. The molecular weight excluding hydrogens is 340 g/mol. The van der Waals surface area contributed by atoms with E-state index >= 15 is 0 Å². The average molecular weight is 368 g/mol. The lowest BCUT2D eigenvalue weighted by molar-refractivity contribution is -0.127. The molecule has 5 heteroatoms. The molecule has 0 saturated carbocycles. The number of benzene rings is 2. The Labute approximate surface area is 161 Å². The van der Waals surface area contributed by atoms with Crippen molar-refractivity contribution >= 4 is 5.91 Å². The monoisotopic (exact) mass is 368 g/mol. The summed E-state index contributed by atoms with van der Waals surface area (Å²) >= 11 is 0. The van der Waals surface area contributed by atoms with Crippen LogP contribution >= 0.6 is 0 Å². The highest BCUT2D eigenvalue weighted by molar-refractivity contribution is 5.80. The lowest BCUT2D eigenvalue weighted by Crippen LogP contribution is -2.36. The van der Waals surface area contributed by atoms with E-state index in [0.29, 0.717) is 12.3 Å². The zero-order chi connectivity index (χ0) is 19.1. The van der Waals surface area contributed by atoms with Gasteiger partial charge in [-0.1, -0.05) is 36.4 Å². The van der Waals surface area contributed by atoms with Crippen LogP contribution in [0, 0.1) is 6.92 Å². The number of nitrogens with one attached hydrogen (secondary N) is 1. The van der Waals surface area contributed by atoms with Crippen molar-refractivity contribution in [2.75, 3.05) is 26.3 Å². The molecule has 2 aromatic rings. The average Bonchev–Trinajstić information content (AvgIpc) is 2.67. The second kappa shape index (κ2) is 9.53. The van der Waals surface area contributed by atoms with Crippen LogP contribution < -0.4 is 10.1 Å². The van der Waals surface area contributed by atoms with Gasteiger partial charge in [0.15, 0.2) is 6.10 Å². The van der Waals surface area contributed by atoms with Crippen molar-refractivity contribution in [3.05, 3.63) is 65.2 Å². The predicted molar refractivity (Wildman–Crippen MR) is 106 cm³/mol. The van der Waals surface area contributed by atoms with Crippen molar-refractivity contribution < 1.29 is 14.3 Å². The molecule has 0 bridgehead atoms. The second-order valence-electron chi connectivity index (χ2n) is 7.00. The van der Waals surface area contributed by atoms with Gasteiger partial charge in [0.25, 0.3) is 5.91 Å². The molecule has 0 spiro atoms. The molecule has 27 heavy (non-hydrogen) atoms. The summed E-state index contributed by atoms with van der Waals surface area (Å²) in [4.78, 5) is 14.7. The fraction of sp³-hybridized carbons (Fsp3) is 0.409. The molecule has 1 aliphatic rings. The molecule has 1 saturated heterocycles. The molecule has 1 N–H and O–H groups in total. The fourth-order valence-electron chi connectivity index (χ4n) is 3.13. The third kappa shape index (κ3) is 6.08. The Hall–Kier alpha value is -2.37. The van der Waals surface area contributed by atoms with E-state index in [0.717, 1.165) is 44.0 Å². The molecule has 2 aromatic carbocycles. The topological polar surface area (TPSA) is 50.8 Å². The maximum absolute atomic E-state index is 12.3. The van der Waals surface area contributed by atoms with Gasteiger partial charge < -0.3 is 14.8 Å². The van der Waals surface area contributed by atoms with Crippen LogP contribution in [-0.4, -0.2) is 43.2 Å². The van der Waals surface area contributed by atoms with Gasteiger partial charge in [-0.2, -0.15) is 0 Å². The molecule has 3 rings (SSSR count). The second-order valence-corrected chi connectivity index (χ2v) is 7.00. The molecule has 5 nitrogen and oxygen atoms in total. The third-order valence-corrected chi connectivity index (χ3v) is 4.64. The molecule has 0 radical (unpaired) electrons. The molecule has 1 heterocycles. The summed E-state index contributed by atoms with van der Waals surface area (Å²) in [6.07, 6.45) is -0.539. The first-order valence-electron chi connectivity index (χ1n) is 9.49. The maximum Gasteiger partial charge on any atom is 0.261 e. The van der Waals surface area contributed by atoms with E-state index in [-0.39, 0.29) is 5.91 Å². The number of carbonyl (C=O) groups excluding carboxylic acids is 1. The van der Waals surface area contributed by atoms with Crippen molar-refractivity contribution in [2.24, 2.45) is 0 Å². The number of ether oxygens (including phenoxy) is 2. The number of hydrogen-bond donors (Lipinski definition) is 1. The van der Waals surface area contributed by atoms with Crippen LogP contribution in [0.1, 0.15) is 23.6 Å². The van der Waals surface area contributed by atoms with E-state index in [1.165, 1.54) is 5.56 Å². The molecule has 1 aliphatic heterocycles. The van der Waals surface area contributed by atoms with Crippen molar-refractivity contribution in [2.45, 2.75) is 33.0 Å². The summed E-state index contributed by atoms with van der Waals surface area (Å²) < 4.78 is 11.1. The lowest BCUT2D eigenvalue weighted by Gasteiger charge is -2.26. The minimum Gasteiger partial charge on any atom is -0.481 e. The van der Waals surface area contributed by atoms with Crippen LogP contribution in [0.2, 0.25) is 0 Å². The zero-order valence-electron chi connectivity index (χ0n) is 16.1. The number of rotatable bonds is 7. The molecule has 1 unspecified atom stereocenters. The molecule has 1 fully saturated rings. The highest BCUT2D eigenvalue weighted by atomic mass is 16.5. The first kappa shape index (κ1) is 19.4. The van der Waals surface area contributed by atoms with Crippen LogP contribution in [0.4, 0.5) is 0 Å². The number of nitrogens with zero attached hydrogens (tertiary/aromatic N) is 1. The smallest absolute Gasteiger partial charge is 0.261 e. The number of carbonyl (C=O) groups is 1. The zero-order valence-corrected chi connectivity index (χ0v) is 16.1. The molecule has 1 atom stereocenters. The molecule has 0 aromatic heterocycles. The van der Waals surface area contributed by atoms with E-state index in [1.807, 2.05) is 43.3 Å². The Morgan fingerprint density at radius 2 is 1.89 bits per heavy atom. The van der Waals surface area contributed by atoms with Gasteiger partial charge in [0.05, 0.1) is 13.2 Å². The van der Waals surface area contributed by atoms with Gasteiger partial charge in [-0.25, -0.2) is 0 Å². The number of amides is 1. The number of hydrogen-bond acceptors (Lipinski definition) is 4. The van der Waals surface area contributed by atoms with E-state index in [1.54, 1.807) is 6.92 Å². The van der Waals surface area contributed by atoms with Crippen molar-refractivity contribution in [1.29, 1.82) is 0 Å². The van der Waals surface area contributed by atoms with E-state index in [4.69, 9.17) is 9.47 Å². The van der Waals surface area contributed by atoms with E-state index in [2.05, 4.69) is 22.3 Å². The van der Waals surface area contributed by atoms with Crippen LogP contribution in [0.15, 0.2) is 48.5 Å². The van der Waals surface area contributed by atoms with Crippen LogP contribution in [0.25, 0.3) is 0 Å². The normalized spacial score (nSPS) is 15.9. The van der Waals surface area contributed by atoms with Crippen LogP contribution in [0.3, 0.4) is 0 Å². The SMILES string of the molecule is Cc1cccc(OC(C)C(=O)NCc2cccc(CN3CCOCC3)c2)c1. The van der Waals surface area contributed by atoms with Gasteiger partial charge in [0, 0.05) is 26.2 Å². The highest BCUT2D eigenvalue weighted by Crippen LogP contribution is 2.14. The summed E-state index contributed by atoms with van der Waals surface area (Å²) in [6, 6.07) is 16.1. The Bertz CT molecular complexity index is 757.